The molecule has 0 fully saturated rings. The Morgan fingerprint density at radius 1 is 1.42 bits per heavy atom. The summed E-state index contributed by atoms with van der Waals surface area (Å²) < 4.78 is 2.48. The molecule has 0 spiro atoms. The zero-order valence-corrected chi connectivity index (χ0v) is 10.5. The van der Waals surface area contributed by atoms with Gasteiger partial charge in [0, 0.05) is 15.0 Å². The van der Waals surface area contributed by atoms with Gasteiger partial charge >= 0.3 is 0 Å². The summed E-state index contributed by atoms with van der Waals surface area (Å²) in [6.07, 6.45) is 0. The third-order valence-electron chi connectivity index (χ3n) is 1.58. The Morgan fingerprint density at radius 3 is 2.92 bits per heavy atom. The Balaban J connectivity index is 2.89. The molecule has 0 amide bonds. The summed E-state index contributed by atoms with van der Waals surface area (Å²) in [6, 6.07) is 6.07. The lowest BCUT2D eigenvalue weighted by Gasteiger charge is -1.96. The van der Waals surface area contributed by atoms with Crippen LogP contribution in [0.2, 0.25) is 5.02 Å². The molecular weight excluding hydrogens is 323 g/mol. The largest absolute Gasteiger partial charge is 0.142 e. The molecule has 0 unspecified atom stereocenters. The average molecular weight is 327 g/mol. The van der Waals surface area contributed by atoms with Gasteiger partial charge in [-0.3, -0.25) is 0 Å². The van der Waals surface area contributed by atoms with E-state index < -0.39 is 0 Å². The molecule has 0 saturated heterocycles. The number of thiophene rings is 1. The predicted molar refractivity (Wildman–Crippen MR) is 66.8 cm³/mol. The molecule has 0 nitrogen and oxygen atoms in total. The minimum atomic E-state index is 0.759. The molecule has 0 atom stereocenters. The molecule has 2 aromatic rings. The maximum Gasteiger partial charge on any atom is 0.0666 e. The van der Waals surface area contributed by atoms with E-state index >= 15 is 0 Å². The third-order valence-corrected chi connectivity index (χ3v) is 4.36. The number of benzene rings is 1. The highest BCUT2D eigenvalue weighted by atomic mass is 127. The molecule has 1 aromatic carbocycles. The second-order valence-corrected chi connectivity index (χ2v) is 6.20. The van der Waals surface area contributed by atoms with Crippen LogP contribution in [0.25, 0.3) is 10.1 Å². The van der Waals surface area contributed by atoms with E-state index in [-0.39, 0.29) is 0 Å². The van der Waals surface area contributed by atoms with Gasteiger partial charge in [-0.05, 0) is 40.8 Å². The van der Waals surface area contributed by atoms with Gasteiger partial charge in [-0.2, -0.15) is 0 Å². The van der Waals surface area contributed by atoms with Gasteiger partial charge in [0.15, 0.2) is 0 Å². The normalized spacial score (nSPS) is 10.9. The fraction of sp³-hybridized carbons (Fsp3) is 0. The minimum absolute atomic E-state index is 0.759. The van der Waals surface area contributed by atoms with Crippen molar-refractivity contribution in [1.29, 1.82) is 0 Å². The van der Waals surface area contributed by atoms with Crippen molar-refractivity contribution in [3.8, 4) is 0 Å². The standard InChI is InChI=1S/C8H4ClIS2/c9-8-4-3-7(10)12-6(4)2-1-5(8)11/h1-3,11H. The summed E-state index contributed by atoms with van der Waals surface area (Å²) in [7, 11) is 0. The van der Waals surface area contributed by atoms with Gasteiger partial charge in [-0.25, -0.2) is 0 Å². The van der Waals surface area contributed by atoms with Crippen molar-refractivity contribution in [2.75, 3.05) is 0 Å². The first-order chi connectivity index (χ1) is 5.68. The number of rotatable bonds is 0. The summed E-state index contributed by atoms with van der Waals surface area (Å²) in [6.45, 7) is 0. The average Bonchev–Trinajstić information content (AvgIpc) is 2.39. The van der Waals surface area contributed by atoms with Gasteiger partial charge in [-0.1, -0.05) is 11.6 Å². The summed E-state index contributed by atoms with van der Waals surface area (Å²) in [5, 5.41) is 1.87. The van der Waals surface area contributed by atoms with Crippen molar-refractivity contribution < 1.29 is 0 Å². The Hall–Kier alpha value is 0.550. The van der Waals surface area contributed by atoms with E-state index in [2.05, 4.69) is 47.4 Å². The van der Waals surface area contributed by atoms with Crippen LogP contribution in [0.3, 0.4) is 0 Å². The van der Waals surface area contributed by atoms with Gasteiger partial charge in [-0.15, -0.1) is 24.0 Å². The van der Waals surface area contributed by atoms with Crippen molar-refractivity contribution in [2.24, 2.45) is 0 Å². The van der Waals surface area contributed by atoms with Gasteiger partial charge in [0.25, 0.3) is 0 Å². The molecule has 0 N–H and O–H groups in total. The second kappa shape index (κ2) is 3.36. The van der Waals surface area contributed by atoms with Crippen molar-refractivity contribution in [3.05, 3.63) is 26.1 Å². The fourth-order valence-electron chi connectivity index (χ4n) is 1.04. The molecule has 12 heavy (non-hydrogen) atoms. The highest BCUT2D eigenvalue weighted by Crippen LogP contribution is 2.35. The Bertz CT molecular complexity index is 436. The van der Waals surface area contributed by atoms with Gasteiger partial charge < -0.3 is 0 Å². The van der Waals surface area contributed by atoms with Crippen LogP contribution in [-0.2, 0) is 0 Å². The summed E-state index contributed by atoms with van der Waals surface area (Å²) >= 11 is 14.4. The lowest BCUT2D eigenvalue weighted by molar-refractivity contribution is 1.54. The van der Waals surface area contributed by atoms with Crippen LogP contribution in [0.5, 0.6) is 0 Å². The van der Waals surface area contributed by atoms with Crippen LogP contribution >= 0.6 is 58.2 Å². The molecule has 0 radical (unpaired) electrons. The van der Waals surface area contributed by atoms with Gasteiger partial charge in [0.2, 0.25) is 0 Å². The van der Waals surface area contributed by atoms with Crippen LogP contribution in [-0.4, -0.2) is 0 Å². The third kappa shape index (κ3) is 1.47. The zero-order chi connectivity index (χ0) is 8.72. The van der Waals surface area contributed by atoms with Crippen molar-refractivity contribution >= 4 is 68.2 Å². The van der Waals surface area contributed by atoms with E-state index in [0.717, 1.165) is 15.3 Å². The van der Waals surface area contributed by atoms with Crippen LogP contribution in [0.1, 0.15) is 0 Å². The monoisotopic (exact) mass is 326 g/mol. The van der Waals surface area contributed by atoms with Crippen LogP contribution in [0, 0.1) is 2.88 Å². The lowest BCUT2D eigenvalue weighted by atomic mass is 10.3. The Kier molecular flexibility index (Phi) is 2.56. The van der Waals surface area contributed by atoms with Crippen LogP contribution in [0.15, 0.2) is 23.1 Å². The topological polar surface area (TPSA) is 0 Å². The lowest BCUT2D eigenvalue weighted by Crippen LogP contribution is -1.69. The van der Waals surface area contributed by atoms with E-state index in [1.807, 2.05) is 6.07 Å². The fourth-order valence-corrected chi connectivity index (χ4v) is 3.32. The Morgan fingerprint density at radius 2 is 2.17 bits per heavy atom. The van der Waals surface area contributed by atoms with Crippen LogP contribution in [0.4, 0.5) is 0 Å². The smallest absolute Gasteiger partial charge is 0.0666 e. The van der Waals surface area contributed by atoms with Gasteiger partial charge in [0.1, 0.15) is 0 Å². The van der Waals surface area contributed by atoms with E-state index in [0.29, 0.717) is 0 Å². The molecule has 0 bridgehead atoms. The molecule has 0 saturated carbocycles. The molecular formula is C8H4ClIS2. The molecule has 0 aliphatic heterocycles. The highest BCUT2D eigenvalue weighted by molar-refractivity contribution is 14.1. The minimum Gasteiger partial charge on any atom is -0.142 e. The first kappa shape index (κ1) is 9.12. The second-order valence-electron chi connectivity index (χ2n) is 2.36. The number of halogens is 2. The SMILES string of the molecule is Sc1ccc2sc(I)cc2c1Cl. The van der Waals surface area contributed by atoms with Crippen molar-refractivity contribution in [2.45, 2.75) is 4.90 Å². The molecule has 0 aliphatic rings. The molecule has 4 heteroatoms. The number of hydrogen-bond donors (Lipinski definition) is 1. The first-order valence-corrected chi connectivity index (χ1v) is 5.97. The molecule has 2 rings (SSSR count). The summed E-state index contributed by atoms with van der Waals surface area (Å²) in [5.74, 6) is 0. The number of thiol groups is 1. The maximum atomic E-state index is 6.07. The molecule has 0 aliphatic carbocycles. The highest BCUT2D eigenvalue weighted by Gasteiger charge is 2.05. The molecule has 1 aromatic heterocycles. The molecule has 62 valence electrons. The zero-order valence-electron chi connectivity index (χ0n) is 5.84. The van der Waals surface area contributed by atoms with E-state index in [1.165, 1.54) is 7.58 Å². The summed E-state index contributed by atoms with van der Waals surface area (Å²) in [5.41, 5.74) is 0. The number of hydrogen-bond acceptors (Lipinski definition) is 2. The molecule has 1 heterocycles. The maximum absolute atomic E-state index is 6.07. The van der Waals surface area contributed by atoms with E-state index in [1.54, 1.807) is 11.3 Å². The van der Waals surface area contributed by atoms with Crippen LogP contribution < -0.4 is 0 Å². The first-order valence-electron chi connectivity index (χ1n) is 3.25. The van der Waals surface area contributed by atoms with Gasteiger partial charge in [0.05, 0.1) is 7.91 Å². The van der Waals surface area contributed by atoms with Crippen molar-refractivity contribution in [3.63, 3.8) is 0 Å². The Labute approximate surface area is 98.5 Å². The number of fused-ring (bicyclic) bond motifs is 1. The predicted octanol–water partition coefficient (Wildman–Crippen LogP) is 4.45. The quantitative estimate of drug-likeness (QED) is 0.537. The van der Waals surface area contributed by atoms with E-state index in [4.69, 9.17) is 11.6 Å². The van der Waals surface area contributed by atoms with E-state index in [9.17, 15) is 0 Å². The van der Waals surface area contributed by atoms with Crippen molar-refractivity contribution in [1.82, 2.24) is 0 Å². The summed E-state index contributed by atoms with van der Waals surface area (Å²) in [4.78, 5) is 0.846.